The molecule has 1 saturated heterocycles. The minimum atomic E-state index is -0.0851. The van der Waals surface area contributed by atoms with E-state index in [4.69, 9.17) is 38.8 Å². The van der Waals surface area contributed by atoms with Gasteiger partial charge >= 0.3 is 0 Å². The van der Waals surface area contributed by atoms with E-state index in [1.165, 1.54) is 12.4 Å². The molecule has 4 aromatic rings. The van der Waals surface area contributed by atoms with Crippen molar-refractivity contribution in [2.45, 2.75) is 18.9 Å². The topological polar surface area (TPSA) is 99.2 Å². The van der Waals surface area contributed by atoms with Gasteiger partial charge in [0.2, 0.25) is 5.91 Å². The number of nitrogens with zero attached hydrogens (tertiary/aromatic N) is 5. The molecule has 0 aliphatic carbocycles. The molecule has 178 valence electrons. The lowest BCUT2D eigenvalue weighted by Crippen LogP contribution is -2.40. The zero-order valence-electron chi connectivity index (χ0n) is 18.7. The summed E-state index contributed by atoms with van der Waals surface area (Å²) < 4.78 is 7.76. The summed E-state index contributed by atoms with van der Waals surface area (Å²) in [5.41, 5.74) is 8.41. The van der Waals surface area contributed by atoms with E-state index in [0.717, 1.165) is 18.4 Å². The first-order valence-electron chi connectivity index (χ1n) is 11.1. The van der Waals surface area contributed by atoms with Crippen LogP contribution in [0.3, 0.4) is 0 Å². The van der Waals surface area contributed by atoms with Crippen LogP contribution in [-0.4, -0.2) is 43.6 Å². The molecule has 1 amide bonds. The van der Waals surface area contributed by atoms with Crippen molar-refractivity contribution in [2.24, 2.45) is 0 Å². The second kappa shape index (κ2) is 9.56. The van der Waals surface area contributed by atoms with E-state index in [2.05, 4.69) is 16.5 Å². The standard InChI is InChI=1S/C25H22Cl2N6O2/c1-2-21(34)32-11-3-4-16(13-32)33-25-22(24(28)29-14-30-25)23(31-33)15-5-7-17(8-6-15)35-18-9-10-19(26)20(27)12-18/h2,5-10,12,14,16H,1,3-4,11,13H2,(H2,28,29,30). The number of carbonyl (C=O) groups is 1. The molecular formula is C25H22Cl2N6O2. The number of hydrogen-bond donors (Lipinski definition) is 1. The zero-order valence-corrected chi connectivity index (χ0v) is 20.2. The highest BCUT2D eigenvalue weighted by atomic mass is 35.5. The molecule has 1 aliphatic heterocycles. The number of halogens is 2. The van der Waals surface area contributed by atoms with Gasteiger partial charge in [-0.25, -0.2) is 14.6 Å². The Morgan fingerprint density at radius 3 is 2.63 bits per heavy atom. The minimum Gasteiger partial charge on any atom is -0.457 e. The van der Waals surface area contributed by atoms with Crippen LogP contribution < -0.4 is 10.5 Å². The predicted octanol–water partition coefficient (Wildman–Crippen LogP) is 5.52. The number of benzene rings is 2. The van der Waals surface area contributed by atoms with E-state index in [1.54, 1.807) is 23.1 Å². The van der Waals surface area contributed by atoms with Crippen LogP contribution in [0.15, 0.2) is 61.4 Å². The maximum absolute atomic E-state index is 12.2. The molecule has 5 rings (SSSR count). The number of hydrogen-bond acceptors (Lipinski definition) is 6. The number of ether oxygens (including phenoxy) is 1. The molecule has 2 N–H and O–H groups in total. The number of nitrogen functional groups attached to an aromatic ring is 1. The van der Waals surface area contributed by atoms with Crippen molar-refractivity contribution in [1.82, 2.24) is 24.6 Å². The number of amides is 1. The van der Waals surface area contributed by atoms with Crippen molar-refractivity contribution in [3.63, 3.8) is 0 Å². The van der Waals surface area contributed by atoms with Crippen LogP contribution in [0.2, 0.25) is 10.0 Å². The molecule has 1 aliphatic rings. The van der Waals surface area contributed by atoms with Gasteiger partial charge in [0.1, 0.15) is 29.3 Å². The third kappa shape index (κ3) is 4.54. The highest BCUT2D eigenvalue weighted by Crippen LogP contribution is 2.35. The van der Waals surface area contributed by atoms with Crippen LogP contribution in [0.4, 0.5) is 5.82 Å². The molecule has 1 fully saturated rings. The van der Waals surface area contributed by atoms with E-state index in [9.17, 15) is 4.79 Å². The Morgan fingerprint density at radius 2 is 1.89 bits per heavy atom. The Bertz CT molecular complexity index is 1420. The number of nitrogens with two attached hydrogens (primary N) is 1. The first-order valence-corrected chi connectivity index (χ1v) is 11.8. The average molecular weight is 509 g/mol. The third-order valence-electron chi connectivity index (χ3n) is 6.00. The van der Waals surface area contributed by atoms with Gasteiger partial charge in [-0.1, -0.05) is 29.8 Å². The van der Waals surface area contributed by atoms with E-state index in [-0.39, 0.29) is 11.9 Å². The molecule has 0 radical (unpaired) electrons. The molecule has 8 nitrogen and oxygen atoms in total. The largest absolute Gasteiger partial charge is 0.457 e. The first kappa shape index (κ1) is 23.1. The summed E-state index contributed by atoms with van der Waals surface area (Å²) in [4.78, 5) is 22.6. The highest BCUT2D eigenvalue weighted by molar-refractivity contribution is 6.42. The van der Waals surface area contributed by atoms with Gasteiger partial charge in [-0.3, -0.25) is 4.79 Å². The van der Waals surface area contributed by atoms with Crippen molar-refractivity contribution in [2.75, 3.05) is 18.8 Å². The molecular weight excluding hydrogens is 487 g/mol. The number of fused-ring (bicyclic) bond motifs is 1. The van der Waals surface area contributed by atoms with E-state index in [1.807, 2.05) is 28.9 Å². The Balaban J connectivity index is 1.48. The fourth-order valence-electron chi connectivity index (χ4n) is 4.29. The summed E-state index contributed by atoms with van der Waals surface area (Å²) in [7, 11) is 0. The van der Waals surface area contributed by atoms with Crippen molar-refractivity contribution in [3.05, 3.63) is 71.5 Å². The van der Waals surface area contributed by atoms with Gasteiger partial charge in [0.15, 0.2) is 5.65 Å². The predicted molar refractivity (Wildman–Crippen MR) is 137 cm³/mol. The Labute approximate surface area is 211 Å². The fraction of sp³-hybridized carbons (Fsp3) is 0.200. The van der Waals surface area contributed by atoms with Crippen LogP contribution in [0.5, 0.6) is 11.5 Å². The van der Waals surface area contributed by atoms with E-state index >= 15 is 0 Å². The summed E-state index contributed by atoms with van der Waals surface area (Å²) in [6, 6.07) is 12.6. The Morgan fingerprint density at radius 1 is 1.11 bits per heavy atom. The van der Waals surface area contributed by atoms with Gasteiger partial charge in [-0.2, -0.15) is 5.10 Å². The lowest BCUT2D eigenvalue weighted by Gasteiger charge is -2.32. The van der Waals surface area contributed by atoms with Gasteiger partial charge < -0.3 is 15.4 Å². The van der Waals surface area contributed by atoms with Gasteiger partial charge in [0.05, 0.1) is 21.5 Å². The lowest BCUT2D eigenvalue weighted by molar-refractivity contribution is -0.127. The smallest absolute Gasteiger partial charge is 0.246 e. The summed E-state index contributed by atoms with van der Waals surface area (Å²) >= 11 is 12.1. The summed E-state index contributed by atoms with van der Waals surface area (Å²) in [6.45, 7) is 4.84. The molecule has 2 aromatic heterocycles. The molecule has 10 heteroatoms. The normalized spacial score (nSPS) is 15.8. The number of carbonyl (C=O) groups excluding carboxylic acids is 1. The molecule has 0 saturated carbocycles. The van der Waals surface area contributed by atoms with Crippen molar-refractivity contribution in [3.8, 4) is 22.8 Å². The van der Waals surface area contributed by atoms with Crippen molar-refractivity contribution in [1.29, 1.82) is 0 Å². The highest BCUT2D eigenvalue weighted by Gasteiger charge is 2.28. The molecule has 3 heterocycles. The van der Waals surface area contributed by atoms with Crippen LogP contribution in [0.1, 0.15) is 18.9 Å². The van der Waals surface area contributed by atoms with Gasteiger partial charge in [-0.15, -0.1) is 0 Å². The first-order chi connectivity index (χ1) is 16.9. The molecule has 0 bridgehead atoms. The second-order valence-corrected chi connectivity index (χ2v) is 9.05. The number of anilines is 1. The number of piperidine rings is 1. The van der Waals surface area contributed by atoms with Crippen LogP contribution in [0.25, 0.3) is 22.3 Å². The van der Waals surface area contributed by atoms with Crippen LogP contribution in [-0.2, 0) is 4.79 Å². The molecule has 0 spiro atoms. The Kier molecular flexibility index (Phi) is 6.32. The second-order valence-electron chi connectivity index (χ2n) is 8.24. The van der Waals surface area contributed by atoms with E-state index < -0.39 is 0 Å². The summed E-state index contributed by atoms with van der Waals surface area (Å²) in [5.74, 6) is 1.47. The van der Waals surface area contributed by atoms with Gasteiger partial charge in [0.25, 0.3) is 0 Å². The maximum atomic E-state index is 12.2. The quantitative estimate of drug-likeness (QED) is 0.356. The number of likely N-dealkylation sites (tertiary alicyclic amines) is 1. The van der Waals surface area contributed by atoms with Gasteiger partial charge in [0, 0.05) is 24.7 Å². The van der Waals surface area contributed by atoms with Crippen LogP contribution in [0, 0.1) is 0 Å². The molecule has 1 atom stereocenters. The van der Waals surface area contributed by atoms with Crippen molar-refractivity contribution >= 4 is 46.0 Å². The monoisotopic (exact) mass is 508 g/mol. The number of rotatable bonds is 5. The lowest BCUT2D eigenvalue weighted by atomic mass is 10.1. The minimum absolute atomic E-state index is 0.0320. The fourth-order valence-corrected chi connectivity index (χ4v) is 4.58. The third-order valence-corrected chi connectivity index (χ3v) is 6.74. The Hall–Kier alpha value is -3.62. The van der Waals surface area contributed by atoms with Gasteiger partial charge in [-0.05, 0) is 55.3 Å². The SMILES string of the molecule is C=CC(=O)N1CCCC(n2nc(-c3ccc(Oc4ccc(Cl)c(Cl)c4)cc3)c3c(N)ncnc32)C1. The molecule has 2 aromatic carbocycles. The van der Waals surface area contributed by atoms with Crippen molar-refractivity contribution < 1.29 is 9.53 Å². The number of aromatic nitrogens is 4. The summed E-state index contributed by atoms with van der Waals surface area (Å²) in [5, 5.41) is 6.46. The molecule has 1 unspecified atom stereocenters. The summed E-state index contributed by atoms with van der Waals surface area (Å²) in [6.07, 6.45) is 4.51. The van der Waals surface area contributed by atoms with Crippen LogP contribution >= 0.6 is 23.2 Å². The zero-order chi connectivity index (χ0) is 24.5. The maximum Gasteiger partial charge on any atom is 0.246 e. The molecule has 35 heavy (non-hydrogen) atoms. The average Bonchev–Trinajstić information content (AvgIpc) is 3.27. The van der Waals surface area contributed by atoms with E-state index in [0.29, 0.717) is 57.2 Å².